The van der Waals surface area contributed by atoms with Gasteiger partial charge in [0.2, 0.25) is 6.79 Å². The lowest BCUT2D eigenvalue weighted by molar-refractivity contribution is -0.136. The van der Waals surface area contributed by atoms with Crippen LogP contribution in [0.5, 0.6) is 11.5 Å². The fourth-order valence-corrected chi connectivity index (χ4v) is 2.13. The maximum absolute atomic E-state index is 11.8. The smallest absolute Gasteiger partial charge is 0.329 e. The number of rotatable bonds is 3. The number of fused-ring (bicyclic) bond motifs is 1. The molecule has 1 heterocycles. The summed E-state index contributed by atoms with van der Waals surface area (Å²) in [7, 11) is 0. The summed E-state index contributed by atoms with van der Waals surface area (Å²) in [6.45, 7) is 0.175. The van der Waals surface area contributed by atoms with Crippen molar-refractivity contribution < 1.29 is 19.1 Å². The molecule has 2 aromatic rings. The molecule has 3 rings (SSSR count). The Hall–Kier alpha value is -3.06. The Labute approximate surface area is 142 Å². The Morgan fingerprint density at radius 3 is 2.71 bits per heavy atom. The third-order valence-corrected chi connectivity index (χ3v) is 3.43. The van der Waals surface area contributed by atoms with E-state index in [-0.39, 0.29) is 6.79 Å². The van der Waals surface area contributed by atoms with E-state index in [1.807, 2.05) is 0 Å². The van der Waals surface area contributed by atoms with Gasteiger partial charge in [0.15, 0.2) is 11.5 Å². The van der Waals surface area contributed by atoms with Crippen molar-refractivity contribution in [2.24, 2.45) is 5.10 Å². The summed E-state index contributed by atoms with van der Waals surface area (Å²) < 4.78 is 10.4. The number of hydrogen-bond acceptors (Lipinski definition) is 5. The fraction of sp³-hybridized carbons (Fsp3) is 0.0625. The van der Waals surface area contributed by atoms with E-state index < -0.39 is 11.8 Å². The van der Waals surface area contributed by atoms with Crippen LogP contribution >= 0.6 is 11.6 Å². The van der Waals surface area contributed by atoms with Gasteiger partial charge in [-0.15, -0.1) is 0 Å². The first-order valence-electron chi connectivity index (χ1n) is 6.92. The maximum Gasteiger partial charge on any atom is 0.329 e. The van der Waals surface area contributed by atoms with Gasteiger partial charge in [-0.25, -0.2) is 5.43 Å². The molecule has 0 unspecified atom stereocenters. The topological polar surface area (TPSA) is 89.0 Å². The first-order chi connectivity index (χ1) is 11.6. The number of benzene rings is 2. The highest BCUT2D eigenvalue weighted by molar-refractivity contribution is 6.41. The summed E-state index contributed by atoms with van der Waals surface area (Å²) >= 11 is 5.91. The van der Waals surface area contributed by atoms with Crippen molar-refractivity contribution in [3.8, 4) is 11.5 Å². The van der Waals surface area contributed by atoms with Gasteiger partial charge in [-0.2, -0.15) is 5.10 Å². The second-order valence-corrected chi connectivity index (χ2v) is 5.15. The van der Waals surface area contributed by atoms with Crippen LogP contribution in [0.4, 0.5) is 5.69 Å². The minimum atomic E-state index is -0.910. The second kappa shape index (κ2) is 7.01. The molecule has 122 valence electrons. The summed E-state index contributed by atoms with van der Waals surface area (Å²) in [5, 5.41) is 6.47. The average Bonchev–Trinajstić information content (AvgIpc) is 3.04. The zero-order chi connectivity index (χ0) is 16.9. The van der Waals surface area contributed by atoms with Gasteiger partial charge in [0.05, 0.1) is 16.9 Å². The number of para-hydroxylation sites is 1. The van der Waals surface area contributed by atoms with Gasteiger partial charge in [-0.1, -0.05) is 23.7 Å². The Bertz CT molecular complexity index is 823. The Balaban J connectivity index is 1.57. The highest BCUT2D eigenvalue weighted by atomic mass is 35.5. The zero-order valence-electron chi connectivity index (χ0n) is 12.3. The van der Waals surface area contributed by atoms with Gasteiger partial charge in [-0.3, -0.25) is 9.59 Å². The summed E-state index contributed by atoms with van der Waals surface area (Å²) in [6.07, 6.45) is 1.39. The lowest BCUT2D eigenvalue weighted by atomic mass is 10.2. The van der Waals surface area contributed by atoms with Crippen molar-refractivity contribution >= 4 is 35.3 Å². The zero-order valence-corrected chi connectivity index (χ0v) is 13.0. The van der Waals surface area contributed by atoms with Crippen LogP contribution in [0.2, 0.25) is 5.02 Å². The molecule has 7 nitrogen and oxygen atoms in total. The van der Waals surface area contributed by atoms with Gasteiger partial charge >= 0.3 is 11.8 Å². The van der Waals surface area contributed by atoms with Gasteiger partial charge in [-0.05, 0) is 35.9 Å². The van der Waals surface area contributed by atoms with Crippen LogP contribution in [0.15, 0.2) is 47.6 Å². The van der Waals surface area contributed by atoms with Gasteiger partial charge in [0.1, 0.15) is 0 Å². The van der Waals surface area contributed by atoms with E-state index in [1.54, 1.807) is 42.5 Å². The van der Waals surface area contributed by atoms with Crippen LogP contribution in [0.25, 0.3) is 0 Å². The lowest BCUT2D eigenvalue weighted by Gasteiger charge is -2.05. The molecular formula is C16H12ClN3O4. The molecule has 0 fully saturated rings. The molecule has 0 spiro atoms. The second-order valence-electron chi connectivity index (χ2n) is 4.75. The van der Waals surface area contributed by atoms with Gasteiger partial charge in [0, 0.05) is 0 Å². The van der Waals surface area contributed by atoms with Crippen LogP contribution in [0.3, 0.4) is 0 Å². The molecule has 0 aliphatic carbocycles. The molecule has 2 aromatic carbocycles. The highest BCUT2D eigenvalue weighted by Gasteiger charge is 2.15. The van der Waals surface area contributed by atoms with Crippen LogP contribution < -0.4 is 20.2 Å². The van der Waals surface area contributed by atoms with Crippen molar-refractivity contribution in [1.82, 2.24) is 5.43 Å². The highest BCUT2D eigenvalue weighted by Crippen LogP contribution is 2.31. The number of carbonyl (C=O) groups excluding carboxylic acids is 2. The Morgan fingerprint density at radius 1 is 1.08 bits per heavy atom. The predicted octanol–water partition coefficient (Wildman–Crippen LogP) is 2.16. The minimum Gasteiger partial charge on any atom is -0.454 e. The molecule has 1 aliphatic heterocycles. The molecule has 8 heteroatoms. The SMILES string of the molecule is O=C(N/N=C/c1ccc2c(c1)OCO2)C(=O)Nc1ccccc1Cl. The molecule has 0 bridgehead atoms. The molecule has 0 radical (unpaired) electrons. The van der Waals surface area contributed by atoms with E-state index >= 15 is 0 Å². The third-order valence-electron chi connectivity index (χ3n) is 3.10. The van der Waals surface area contributed by atoms with Crippen molar-refractivity contribution in [2.75, 3.05) is 12.1 Å². The van der Waals surface area contributed by atoms with Gasteiger partial charge in [0.25, 0.3) is 0 Å². The largest absolute Gasteiger partial charge is 0.454 e. The fourth-order valence-electron chi connectivity index (χ4n) is 1.95. The third kappa shape index (κ3) is 3.64. The summed E-state index contributed by atoms with van der Waals surface area (Å²) in [5.41, 5.74) is 3.17. The van der Waals surface area contributed by atoms with Crippen LogP contribution in [-0.2, 0) is 9.59 Å². The van der Waals surface area contributed by atoms with Crippen molar-refractivity contribution in [2.45, 2.75) is 0 Å². The molecular weight excluding hydrogens is 334 g/mol. The van der Waals surface area contributed by atoms with Crippen molar-refractivity contribution in [3.05, 3.63) is 53.1 Å². The normalized spacial score (nSPS) is 12.2. The Kier molecular flexibility index (Phi) is 4.62. The van der Waals surface area contributed by atoms with E-state index in [4.69, 9.17) is 21.1 Å². The number of hydrogen-bond donors (Lipinski definition) is 2. The number of ether oxygens (including phenoxy) is 2. The minimum absolute atomic E-state index is 0.175. The molecule has 1 aliphatic rings. The van der Waals surface area contributed by atoms with Gasteiger partial charge < -0.3 is 14.8 Å². The molecule has 24 heavy (non-hydrogen) atoms. The monoisotopic (exact) mass is 345 g/mol. The summed E-state index contributed by atoms with van der Waals surface area (Å²) in [4.78, 5) is 23.5. The van der Waals surface area contributed by atoms with E-state index in [0.717, 1.165) is 0 Å². The van der Waals surface area contributed by atoms with E-state index in [2.05, 4.69) is 15.8 Å². The number of halogens is 1. The number of anilines is 1. The first-order valence-corrected chi connectivity index (χ1v) is 7.30. The first kappa shape index (κ1) is 15.8. The molecule has 2 N–H and O–H groups in total. The lowest BCUT2D eigenvalue weighted by Crippen LogP contribution is -2.32. The van der Waals surface area contributed by atoms with E-state index in [1.165, 1.54) is 6.21 Å². The Morgan fingerprint density at radius 2 is 1.88 bits per heavy atom. The average molecular weight is 346 g/mol. The van der Waals surface area contributed by atoms with Crippen LogP contribution in [-0.4, -0.2) is 24.8 Å². The van der Waals surface area contributed by atoms with Crippen LogP contribution in [0, 0.1) is 0 Å². The summed E-state index contributed by atoms with van der Waals surface area (Å²) in [6, 6.07) is 11.8. The van der Waals surface area contributed by atoms with E-state index in [0.29, 0.717) is 27.8 Å². The summed E-state index contributed by atoms with van der Waals surface area (Å²) in [5.74, 6) is -0.533. The van der Waals surface area contributed by atoms with Crippen LogP contribution in [0.1, 0.15) is 5.56 Å². The predicted molar refractivity (Wildman–Crippen MR) is 88.4 cm³/mol. The standard InChI is InChI=1S/C16H12ClN3O4/c17-11-3-1-2-4-12(11)19-15(21)16(22)20-18-8-10-5-6-13-14(7-10)24-9-23-13/h1-8H,9H2,(H,19,21)(H,20,22)/b18-8+. The maximum atomic E-state index is 11.8. The number of carbonyl (C=O) groups is 2. The molecule has 0 saturated carbocycles. The molecule has 2 amide bonds. The number of nitrogens with one attached hydrogen (secondary N) is 2. The molecule has 0 aromatic heterocycles. The van der Waals surface area contributed by atoms with E-state index in [9.17, 15) is 9.59 Å². The van der Waals surface area contributed by atoms with Crippen molar-refractivity contribution in [3.63, 3.8) is 0 Å². The number of amides is 2. The molecule has 0 atom stereocenters. The number of hydrazone groups is 1. The van der Waals surface area contributed by atoms with Crippen molar-refractivity contribution in [1.29, 1.82) is 0 Å². The quantitative estimate of drug-likeness (QED) is 0.507. The number of nitrogens with zero attached hydrogens (tertiary/aromatic N) is 1. The molecule has 0 saturated heterocycles.